The van der Waals surface area contributed by atoms with Gasteiger partial charge in [-0.15, -0.1) is 0 Å². The third kappa shape index (κ3) is 2.37. The van der Waals surface area contributed by atoms with E-state index in [1.807, 2.05) is 13.0 Å². The van der Waals surface area contributed by atoms with E-state index in [1.165, 1.54) is 12.1 Å². The van der Waals surface area contributed by atoms with Crippen molar-refractivity contribution < 1.29 is 8.81 Å². The fourth-order valence-electron chi connectivity index (χ4n) is 1.40. The van der Waals surface area contributed by atoms with Gasteiger partial charge in [-0.1, -0.05) is 0 Å². The predicted molar refractivity (Wildman–Crippen MR) is 57.1 cm³/mol. The lowest BCUT2D eigenvalue weighted by atomic mass is 10.1. The van der Waals surface area contributed by atoms with E-state index in [1.54, 1.807) is 24.7 Å². The molecule has 0 saturated carbocycles. The summed E-state index contributed by atoms with van der Waals surface area (Å²) in [4.78, 5) is 0. The first kappa shape index (κ1) is 9.77. The van der Waals surface area contributed by atoms with Crippen molar-refractivity contribution in [2.24, 2.45) is 0 Å². The minimum atomic E-state index is -0.225. The van der Waals surface area contributed by atoms with Crippen LogP contribution in [-0.2, 0) is 0 Å². The first-order valence-electron chi connectivity index (χ1n) is 4.80. The molecule has 1 unspecified atom stereocenters. The van der Waals surface area contributed by atoms with Gasteiger partial charge in [0, 0.05) is 11.3 Å². The Morgan fingerprint density at radius 3 is 2.53 bits per heavy atom. The second-order valence-electron chi connectivity index (χ2n) is 3.43. The molecule has 0 aliphatic carbocycles. The Morgan fingerprint density at radius 2 is 1.93 bits per heavy atom. The Morgan fingerprint density at radius 1 is 1.20 bits per heavy atom. The Bertz CT molecular complexity index is 408. The van der Waals surface area contributed by atoms with Crippen LogP contribution in [0.3, 0.4) is 0 Å². The Balaban J connectivity index is 2.06. The van der Waals surface area contributed by atoms with Crippen LogP contribution >= 0.6 is 0 Å². The van der Waals surface area contributed by atoms with Gasteiger partial charge in [-0.05, 0) is 37.3 Å². The van der Waals surface area contributed by atoms with Crippen LogP contribution in [0, 0.1) is 5.82 Å². The predicted octanol–water partition coefficient (Wildman–Crippen LogP) is 3.59. The van der Waals surface area contributed by atoms with Crippen molar-refractivity contribution in [2.75, 3.05) is 5.32 Å². The lowest BCUT2D eigenvalue weighted by Crippen LogP contribution is -2.05. The zero-order valence-electron chi connectivity index (χ0n) is 8.41. The number of anilines is 1. The summed E-state index contributed by atoms with van der Waals surface area (Å²) < 4.78 is 17.6. The Hall–Kier alpha value is -1.77. The molecule has 1 aromatic carbocycles. The molecule has 0 radical (unpaired) electrons. The maximum absolute atomic E-state index is 12.7. The summed E-state index contributed by atoms with van der Waals surface area (Å²) in [5.41, 5.74) is 1.96. The van der Waals surface area contributed by atoms with E-state index in [0.717, 1.165) is 11.3 Å². The molecule has 1 aromatic heterocycles. The first-order chi connectivity index (χ1) is 7.25. The first-order valence-corrected chi connectivity index (χ1v) is 4.80. The van der Waals surface area contributed by atoms with E-state index in [0.29, 0.717) is 0 Å². The van der Waals surface area contributed by atoms with Gasteiger partial charge in [0.2, 0.25) is 0 Å². The Kier molecular flexibility index (Phi) is 2.72. The van der Waals surface area contributed by atoms with E-state index in [4.69, 9.17) is 4.42 Å². The van der Waals surface area contributed by atoms with E-state index in [2.05, 4.69) is 5.32 Å². The smallest absolute Gasteiger partial charge is 0.123 e. The summed E-state index contributed by atoms with van der Waals surface area (Å²) >= 11 is 0. The molecule has 0 saturated heterocycles. The Labute approximate surface area is 87.7 Å². The van der Waals surface area contributed by atoms with E-state index >= 15 is 0 Å². The molecule has 0 spiro atoms. The molecular weight excluding hydrogens is 193 g/mol. The summed E-state index contributed by atoms with van der Waals surface area (Å²) in [7, 11) is 0. The van der Waals surface area contributed by atoms with Crippen molar-refractivity contribution in [1.29, 1.82) is 0 Å². The minimum Gasteiger partial charge on any atom is -0.472 e. The van der Waals surface area contributed by atoms with Gasteiger partial charge in [-0.2, -0.15) is 0 Å². The molecule has 1 N–H and O–H groups in total. The van der Waals surface area contributed by atoms with Crippen LogP contribution in [0.5, 0.6) is 0 Å². The number of benzene rings is 1. The van der Waals surface area contributed by atoms with Gasteiger partial charge < -0.3 is 9.73 Å². The van der Waals surface area contributed by atoms with Crippen molar-refractivity contribution >= 4 is 5.69 Å². The number of hydrogen-bond acceptors (Lipinski definition) is 2. The van der Waals surface area contributed by atoms with Crippen LogP contribution in [-0.4, -0.2) is 0 Å². The standard InChI is InChI=1S/C12H12FNO/c1-9(10-6-7-15-8-10)14-12-4-2-11(13)3-5-12/h2-9,14H,1H3. The SMILES string of the molecule is CC(Nc1ccc(F)cc1)c1ccoc1. The van der Waals surface area contributed by atoms with E-state index < -0.39 is 0 Å². The van der Waals surface area contributed by atoms with Crippen LogP contribution in [0.15, 0.2) is 47.3 Å². The highest BCUT2D eigenvalue weighted by molar-refractivity contribution is 5.44. The van der Waals surface area contributed by atoms with Crippen molar-refractivity contribution in [3.8, 4) is 0 Å². The number of rotatable bonds is 3. The summed E-state index contributed by atoms with van der Waals surface area (Å²) in [6, 6.07) is 8.35. The van der Waals surface area contributed by atoms with E-state index in [9.17, 15) is 4.39 Å². The van der Waals surface area contributed by atoms with Crippen LogP contribution < -0.4 is 5.32 Å². The molecule has 1 heterocycles. The van der Waals surface area contributed by atoms with Crippen molar-refractivity contribution in [3.63, 3.8) is 0 Å². The summed E-state index contributed by atoms with van der Waals surface area (Å²) in [6.07, 6.45) is 3.33. The summed E-state index contributed by atoms with van der Waals surface area (Å²) in [5.74, 6) is -0.225. The van der Waals surface area contributed by atoms with Gasteiger partial charge in [0.05, 0.1) is 18.6 Å². The highest BCUT2D eigenvalue weighted by Gasteiger charge is 2.05. The van der Waals surface area contributed by atoms with E-state index in [-0.39, 0.29) is 11.9 Å². The lowest BCUT2D eigenvalue weighted by molar-refractivity contribution is 0.562. The number of furan rings is 1. The van der Waals surface area contributed by atoms with Gasteiger partial charge in [-0.3, -0.25) is 0 Å². The molecule has 0 aliphatic rings. The molecular formula is C12H12FNO. The lowest BCUT2D eigenvalue weighted by Gasteiger charge is -2.13. The van der Waals surface area contributed by atoms with Gasteiger partial charge in [0.15, 0.2) is 0 Å². The average molecular weight is 205 g/mol. The molecule has 0 amide bonds. The fourth-order valence-corrected chi connectivity index (χ4v) is 1.40. The minimum absolute atomic E-state index is 0.147. The summed E-state index contributed by atoms with van der Waals surface area (Å²) in [6.45, 7) is 2.02. The second kappa shape index (κ2) is 4.17. The van der Waals surface area contributed by atoms with Gasteiger partial charge in [-0.25, -0.2) is 4.39 Å². The third-order valence-electron chi connectivity index (χ3n) is 2.27. The second-order valence-corrected chi connectivity index (χ2v) is 3.43. The van der Waals surface area contributed by atoms with Gasteiger partial charge >= 0.3 is 0 Å². The molecule has 1 atom stereocenters. The normalized spacial score (nSPS) is 12.4. The van der Waals surface area contributed by atoms with Gasteiger partial charge in [0.1, 0.15) is 5.82 Å². The third-order valence-corrected chi connectivity index (χ3v) is 2.27. The van der Waals surface area contributed by atoms with Crippen molar-refractivity contribution in [1.82, 2.24) is 0 Å². The number of halogens is 1. The number of nitrogens with one attached hydrogen (secondary N) is 1. The van der Waals surface area contributed by atoms with Crippen LogP contribution in [0.4, 0.5) is 10.1 Å². The quantitative estimate of drug-likeness (QED) is 0.828. The molecule has 0 aliphatic heterocycles. The fraction of sp³-hybridized carbons (Fsp3) is 0.167. The molecule has 2 nitrogen and oxygen atoms in total. The summed E-state index contributed by atoms with van der Waals surface area (Å²) in [5, 5.41) is 3.24. The largest absolute Gasteiger partial charge is 0.472 e. The molecule has 15 heavy (non-hydrogen) atoms. The maximum atomic E-state index is 12.7. The molecule has 0 fully saturated rings. The molecule has 3 heteroatoms. The molecule has 2 rings (SSSR count). The highest BCUT2D eigenvalue weighted by Crippen LogP contribution is 2.19. The zero-order chi connectivity index (χ0) is 10.7. The topological polar surface area (TPSA) is 25.2 Å². The molecule has 78 valence electrons. The van der Waals surface area contributed by atoms with Crippen molar-refractivity contribution in [2.45, 2.75) is 13.0 Å². The average Bonchev–Trinajstić information content (AvgIpc) is 2.74. The molecule has 0 bridgehead atoms. The van der Waals surface area contributed by atoms with Crippen LogP contribution in [0.25, 0.3) is 0 Å². The monoisotopic (exact) mass is 205 g/mol. The van der Waals surface area contributed by atoms with Crippen molar-refractivity contribution in [3.05, 3.63) is 54.2 Å². The molecule has 2 aromatic rings. The van der Waals surface area contributed by atoms with Gasteiger partial charge in [0.25, 0.3) is 0 Å². The highest BCUT2D eigenvalue weighted by atomic mass is 19.1. The maximum Gasteiger partial charge on any atom is 0.123 e. The van der Waals surface area contributed by atoms with Crippen LogP contribution in [0.2, 0.25) is 0 Å². The van der Waals surface area contributed by atoms with Crippen LogP contribution in [0.1, 0.15) is 18.5 Å². The number of hydrogen-bond donors (Lipinski definition) is 1. The zero-order valence-corrected chi connectivity index (χ0v) is 8.41.